The van der Waals surface area contributed by atoms with Gasteiger partial charge in [0, 0.05) is 19.0 Å². The van der Waals surface area contributed by atoms with Crippen LogP contribution in [-0.2, 0) is 11.2 Å². The number of rotatable bonds is 12. The summed E-state index contributed by atoms with van der Waals surface area (Å²) in [6, 6.07) is 8.75. The zero-order chi connectivity index (χ0) is 22.8. The molecule has 0 aromatic heterocycles. The first-order chi connectivity index (χ1) is 14.8. The summed E-state index contributed by atoms with van der Waals surface area (Å²) in [5.74, 6) is 0.953. The van der Waals surface area contributed by atoms with E-state index in [0.29, 0.717) is 33.6 Å². The van der Waals surface area contributed by atoms with E-state index in [1.54, 1.807) is 25.3 Å². The van der Waals surface area contributed by atoms with Crippen molar-refractivity contribution in [3.63, 3.8) is 0 Å². The number of anilines is 1. The number of aliphatic hydroxyl groups is 1. The fourth-order valence-corrected chi connectivity index (χ4v) is 3.80. The molecule has 0 bridgehead atoms. The van der Waals surface area contributed by atoms with Gasteiger partial charge in [-0.05, 0) is 55.6 Å². The Balaban J connectivity index is 1.69. The number of halogens is 2. The third kappa shape index (κ3) is 7.89. The summed E-state index contributed by atoms with van der Waals surface area (Å²) < 4.78 is 10.7. The van der Waals surface area contributed by atoms with Gasteiger partial charge < -0.3 is 25.6 Å². The number of ether oxygens (including phenoxy) is 2. The lowest BCUT2D eigenvalue weighted by molar-refractivity contribution is -0.131. The molecule has 1 atom stereocenters. The summed E-state index contributed by atoms with van der Waals surface area (Å²) >= 11 is 12.0. The van der Waals surface area contributed by atoms with Crippen molar-refractivity contribution in [1.29, 1.82) is 0 Å². The van der Waals surface area contributed by atoms with Gasteiger partial charge in [0.2, 0.25) is 0 Å². The molecule has 0 aliphatic heterocycles. The van der Waals surface area contributed by atoms with Crippen LogP contribution in [0.2, 0.25) is 10.0 Å². The Morgan fingerprint density at radius 2 is 1.77 bits per heavy atom. The van der Waals surface area contributed by atoms with Gasteiger partial charge in [-0.25, -0.2) is 0 Å². The van der Waals surface area contributed by atoms with E-state index in [1.807, 2.05) is 12.1 Å². The highest BCUT2D eigenvalue weighted by Gasteiger charge is 2.13. The number of esters is 1. The number of carbonyl (C=O) groups excluding carboxylic acids is 1. The van der Waals surface area contributed by atoms with Crippen LogP contribution in [0.1, 0.15) is 49.8 Å². The Morgan fingerprint density at radius 1 is 1.13 bits per heavy atom. The fourth-order valence-electron chi connectivity index (χ4n) is 3.29. The number of hydrogen-bond acceptors (Lipinski definition) is 6. The number of nitrogens with two attached hydrogens (primary N) is 1. The lowest BCUT2D eigenvalue weighted by Crippen LogP contribution is -2.22. The van der Waals surface area contributed by atoms with Crippen molar-refractivity contribution >= 4 is 34.9 Å². The number of nitrogen functional groups attached to an aromatic ring is 1. The molecule has 0 spiro atoms. The van der Waals surface area contributed by atoms with E-state index in [9.17, 15) is 9.90 Å². The molecule has 0 radical (unpaired) electrons. The first-order valence-corrected chi connectivity index (χ1v) is 11.1. The highest BCUT2D eigenvalue weighted by Crippen LogP contribution is 2.31. The monoisotopic (exact) mass is 468 g/mol. The molecule has 8 heteroatoms. The molecule has 2 aromatic rings. The topological polar surface area (TPSA) is 93.8 Å². The molecule has 2 rings (SSSR count). The standard InChI is InChI=1S/C23H30Cl2N2O4/c1-15(28)31-22-10-7-9-21(30-2)17(22)8-5-3-4-6-11-27-14-20(29)16-12-18(24)23(26)19(25)13-16/h7,9-10,12-13,20,27,29H,3-6,8,11,14,26H2,1-2H3. The largest absolute Gasteiger partial charge is 0.496 e. The molecular formula is C23H30Cl2N2O4. The Kier molecular flexibility index (Phi) is 10.4. The maximum absolute atomic E-state index is 11.3. The highest BCUT2D eigenvalue weighted by molar-refractivity contribution is 6.38. The molecule has 170 valence electrons. The van der Waals surface area contributed by atoms with Gasteiger partial charge in [-0.15, -0.1) is 0 Å². The number of hydrogen-bond donors (Lipinski definition) is 3. The Labute approximate surface area is 193 Å². The van der Waals surface area contributed by atoms with Crippen LogP contribution in [0.4, 0.5) is 5.69 Å². The Bertz CT molecular complexity index is 854. The zero-order valence-electron chi connectivity index (χ0n) is 17.9. The van der Waals surface area contributed by atoms with Crippen LogP contribution in [0, 0.1) is 0 Å². The first-order valence-electron chi connectivity index (χ1n) is 10.3. The predicted octanol–water partition coefficient (Wildman–Crippen LogP) is 4.94. The molecule has 4 N–H and O–H groups in total. The number of carbonyl (C=O) groups is 1. The normalized spacial score (nSPS) is 11.9. The van der Waals surface area contributed by atoms with Gasteiger partial charge in [0.05, 0.1) is 28.9 Å². The summed E-state index contributed by atoms with van der Waals surface area (Å²) in [6.07, 6.45) is 4.09. The van der Waals surface area contributed by atoms with Crippen LogP contribution in [0.3, 0.4) is 0 Å². The molecule has 0 aliphatic rings. The van der Waals surface area contributed by atoms with Gasteiger partial charge in [0.15, 0.2) is 0 Å². The molecule has 0 fully saturated rings. The van der Waals surface area contributed by atoms with Crippen molar-refractivity contribution in [1.82, 2.24) is 5.32 Å². The van der Waals surface area contributed by atoms with Crippen molar-refractivity contribution < 1.29 is 19.4 Å². The van der Waals surface area contributed by atoms with Crippen molar-refractivity contribution in [2.24, 2.45) is 0 Å². The molecule has 1 unspecified atom stereocenters. The quantitative estimate of drug-likeness (QED) is 0.177. The molecule has 6 nitrogen and oxygen atoms in total. The van der Waals surface area contributed by atoms with Crippen LogP contribution in [0.5, 0.6) is 11.5 Å². The second kappa shape index (κ2) is 12.8. The van der Waals surface area contributed by atoms with Gasteiger partial charge in [-0.2, -0.15) is 0 Å². The number of benzene rings is 2. The van der Waals surface area contributed by atoms with E-state index in [0.717, 1.165) is 50.0 Å². The van der Waals surface area contributed by atoms with E-state index >= 15 is 0 Å². The highest BCUT2D eigenvalue weighted by atomic mass is 35.5. The molecule has 31 heavy (non-hydrogen) atoms. The van der Waals surface area contributed by atoms with Crippen LogP contribution in [-0.4, -0.2) is 31.3 Å². The molecule has 2 aromatic carbocycles. The average molecular weight is 469 g/mol. The van der Waals surface area contributed by atoms with Crippen LogP contribution in [0.25, 0.3) is 0 Å². The number of nitrogens with one attached hydrogen (secondary N) is 1. The van der Waals surface area contributed by atoms with E-state index in [2.05, 4.69) is 5.32 Å². The minimum atomic E-state index is -0.708. The third-order valence-corrected chi connectivity index (χ3v) is 5.54. The summed E-state index contributed by atoms with van der Waals surface area (Å²) in [4.78, 5) is 11.3. The summed E-state index contributed by atoms with van der Waals surface area (Å²) in [7, 11) is 1.61. The minimum absolute atomic E-state index is 0.320. The SMILES string of the molecule is COc1cccc(OC(C)=O)c1CCCCCCNCC(O)c1cc(Cl)c(N)c(Cl)c1. The summed E-state index contributed by atoms with van der Waals surface area (Å²) in [5.41, 5.74) is 7.60. The number of unbranched alkanes of at least 4 members (excludes halogenated alkanes) is 3. The maximum Gasteiger partial charge on any atom is 0.308 e. The van der Waals surface area contributed by atoms with Crippen LogP contribution >= 0.6 is 23.2 Å². The second-order valence-corrected chi connectivity index (χ2v) is 8.13. The first kappa shape index (κ1) is 25.3. The minimum Gasteiger partial charge on any atom is -0.496 e. The van der Waals surface area contributed by atoms with Gasteiger partial charge in [-0.3, -0.25) is 4.79 Å². The Hall–Kier alpha value is -1.99. The van der Waals surface area contributed by atoms with Gasteiger partial charge in [0.25, 0.3) is 0 Å². The fraction of sp³-hybridized carbons (Fsp3) is 0.435. The molecule has 0 heterocycles. The van der Waals surface area contributed by atoms with E-state index in [1.165, 1.54) is 6.92 Å². The van der Waals surface area contributed by atoms with Crippen molar-refractivity contribution in [2.45, 2.75) is 45.1 Å². The van der Waals surface area contributed by atoms with E-state index in [4.69, 9.17) is 38.4 Å². The summed E-state index contributed by atoms with van der Waals surface area (Å²) in [5, 5.41) is 14.2. The second-order valence-electron chi connectivity index (χ2n) is 7.31. The average Bonchev–Trinajstić information content (AvgIpc) is 2.73. The predicted molar refractivity (Wildman–Crippen MR) is 125 cm³/mol. The van der Waals surface area contributed by atoms with Gasteiger partial charge in [0.1, 0.15) is 11.5 Å². The molecule has 0 aliphatic carbocycles. The van der Waals surface area contributed by atoms with Gasteiger partial charge >= 0.3 is 5.97 Å². The Morgan fingerprint density at radius 3 is 2.42 bits per heavy atom. The van der Waals surface area contributed by atoms with Crippen molar-refractivity contribution in [3.8, 4) is 11.5 Å². The lowest BCUT2D eigenvalue weighted by Gasteiger charge is -2.14. The third-order valence-electron chi connectivity index (χ3n) is 4.92. The van der Waals surface area contributed by atoms with E-state index in [-0.39, 0.29) is 5.97 Å². The molecular weight excluding hydrogens is 439 g/mol. The lowest BCUT2D eigenvalue weighted by atomic mass is 10.0. The van der Waals surface area contributed by atoms with E-state index < -0.39 is 6.10 Å². The van der Waals surface area contributed by atoms with Gasteiger partial charge in [-0.1, -0.05) is 42.1 Å². The van der Waals surface area contributed by atoms with Crippen LogP contribution < -0.4 is 20.5 Å². The maximum atomic E-state index is 11.3. The molecule has 0 saturated heterocycles. The van der Waals surface area contributed by atoms with Crippen molar-refractivity contribution in [3.05, 3.63) is 51.5 Å². The number of aliphatic hydroxyl groups excluding tert-OH is 1. The van der Waals surface area contributed by atoms with Crippen molar-refractivity contribution in [2.75, 3.05) is 25.9 Å². The summed E-state index contributed by atoms with van der Waals surface area (Å²) in [6.45, 7) is 2.59. The smallest absolute Gasteiger partial charge is 0.308 e. The molecule has 0 amide bonds. The van der Waals surface area contributed by atoms with Crippen LogP contribution in [0.15, 0.2) is 30.3 Å². The molecule has 0 saturated carbocycles. The number of methoxy groups -OCH3 is 1. The zero-order valence-corrected chi connectivity index (χ0v) is 19.4.